The molecule has 0 aromatic carbocycles. The topological polar surface area (TPSA) is 64.5 Å². The molecule has 140 valence electrons. The summed E-state index contributed by atoms with van der Waals surface area (Å²) >= 11 is 7.38. The first-order valence-electron chi connectivity index (χ1n) is 8.49. The van der Waals surface area contributed by atoms with E-state index in [4.69, 9.17) is 21.1 Å². The summed E-state index contributed by atoms with van der Waals surface area (Å²) in [6.07, 6.45) is 5.45. The molecule has 0 bridgehead atoms. The molecule has 2 rings (SSSR count). The van der Waals surface area contributed by atoms with Crippen LogP contribution >= 0.6 is 23.4 Å². The summed E-state index contributed by atoms with van der Waals surface area (Å²) in [5.41, 5.74) is -0.485. The number of carbonyl (C=O) groups is 1. The van der Waals surface area contributed by atoms with Gasteiger partial charge in [0.05, 0.1) is 6.61 Å². The third kappa shape index (κ3) is 6.55. The summed E-state index contributed by atoms with van der Waals surface area (Å²) in [6, 6.07) is 1.73. The zero-order chi connectivity index (χ0) is 18.4. The fourth-order valence-corrected chi connectivity index (χ4v) is 3.30. The van der Waals surface area contributed by atoms with Crippen LogP contribution in [0.1, 0.15) is 46.5 Å². The first-order valence-corrected chi connectivity index (χ1v) is 10.1. The number of hydrogen-bond donors (Lipinski definition) is 0. The van der Waals surface area contributed by atoms with Crippen LogP contribution in [0, 0.1) is 0 Å². The lowest BCUT2D eigenvalue weighted by Crippen LogP contribution is -2.46. The Bertz CT molecular complexity index is 595. The van der Waals surface area contributed by atoms with E-state index in [1.807, 2.05) is 31.9 Å². The Balaban J connectivity index is 1.91. The number of likely N-dealkylation sites (tertiary alicyclic amines) is 1. The standard InChI is InChI=1S/C17H26ClN3O3S/c1-17(2,3)24-16(22)21-9-6-5-7-12(21)8-10-23-14-11-13(18)19-15(20-14)25-4/h11-12H,5-10H2,1-4H3. The van der Waals surface area contributed by atoms with Crippen LogP contribution in [-0.4, -0.2) is 52.0 Å². The Hall–Kier alpha value is -1.21. The molecular weight excluding hydrogens is 362 g/mol. The van der Waals surface area contributed by atoms with Gasteiger partial charge in [-0.25, -0.2) is 9.78 Å². The second kappa shape index (κ2) is 8.94. The average Bonchev–Trinajstić information content (AvgIpc) is 2.53. The van der Waals surface area contributed by atoms with Gasteiger partial charge in [-0.1, -0.05) is 23.4 Å². The minimum Gasteiger partial charge on any atom is -0.477 e. The van der Waals surface area contributed by atoms with Crippen molar-refractivity contribution in [2.45, 2.75) is 63.3 Å². The molecular formula is C17H26ClN3O3S. The molecule has 1 aromatic heterocycles. The molecule has 1 aliphatic rings. The molecule has 0 aliphatic carbocycles. The number of nitrogens with zero attached hydrogens (tertiary/aromatic N) is 3. The van der Waals surface area contributed by atoms with Crippen molar-refractivity contribution in [1.82, 2.24) is 14.9 Å². The van der Waals surface area contributed by atoms with E-state index in [1.165, 1.54) is 11.8 Å². The number of ether oxygens (including phenoxy) is 2. The van der Waals surface area contributed by atoms with Crippen molar-refractivity contribution in [2.75, 3.05) is 19.4 Å². The Morgan fingerprint density at radius 1 is 1.40 bits per heavy atom. The molecule has 1 amide bonds. The average molecular weight is 388 g/mol. The lowest BCUT2D eigenvalue weighted by atomic mass is 10.0. The molecule has 25 heavy (non-hydrogen) atoms. The van der Waals surface area contributed by atoms with Gasteiger partial charge in [0, 0.05) is 25.1 Å². The van der Waals surface area contributed by atoms with Crippen molar-refractivity contribution in [1.29, 1.82) is 0 Å². The van der Waals surface area contributed by atoms with E-state index in [0.29, 0.717) is 22.8 Å². The van der Waals surface area contributed by atoms with Gasteiger partial charge in [0.25, 0.3) is 0 Å². The molecule has 0 saturated carbocycles. The molecule has 8 heteroatoms. The maximum Gasteiger partial charge on any atom is 0.410 e. The summed E-state index contributed by atoms with van der Waals surface area (Å²) in [4.78, 5) is 22.6. The third-order valence-electron chi connectivity index (χ3n) is 3.79. The Labute approximate surface area is 158 Å². The van der Waals surface area contributed by atoms with Gasteiger partial charge in [-0.3, -0.25) is 0 Å². The fourth-order valence-electron chi connectivity index (χ4n) is 2.70. The molecule has 1 aliphatic heterocycles. The normalized spacial score (nSPS) is 18.1. The van der Waals surface area contributed by atoms with Crippen molar-refractivity contribution in [3.63, 3.8) is 0 Å². The molecule has 1 atom stereocenters. The van der Waals surface area contributed by atoms with Crippen LogP contribution in [0.25, 0.3) is 0 Å². The van der Waals surface area contributed by atoms with Gasteiger partial charge >= 0.3 is 6.09 Å². The highest BCUT2D eigenvalue weighted by atomic mass is 35.5. The summed E-state index contributed by atoms with van der Waals surface area (Å²) in [5, 5.41) is 0.943. The smallest absolute Gasteiger partial charge is 0.410 e. The number of amides is 1. The third-order valence-corrected chi connectivity index (χ3v) is 4.53. The van der Waals surface area contributed by atoms with Crippen molar-refractivity contribution in [3.8, 4) is 5.88 Å². The molecule has 0 spiro atoms. The quantitative estimate of drug-likeness (QED) is 0.423. The molecule has 1 unspecified atom stereocenters. The number of piperidine rings is 1. The first kappa shape index (κ1) is 20.1. The number of rotatable bonds is 5. The molecule has 0 N–H and O–H groups in total. The number of carbonyl (C=O) groups excluding carboxylic acids is 1. The minimum absolute atomic E-state index is 0.126. The molecule has 1 aromatic rings. The second-order valence-corrected chi connectivity index (χ2v) is 8.14. The summed E-state index contributed by atoms with van der Waals surface area (Å²) in [7, 11) is 0. The van der Waals surface area contributed by atoms with Crippen LogP contribution in [0.3, 0.4) is 0 Å². The van der Waals surface area contributed by atoms with Gasteiger partial charge in [0.1, 0.15) is 10.8 Å². The van der Waals surface area contributed by atoms with E-state index in [9.17, 15) is 4.79 Å². The lowest BCUT2D eigenvalue weighted by molar-refractivity contribution is 0.00737. The van der Waals surface area contributed by atoms with Crippen molar-refractivity contribution >= 4 is 29.5 Å². The Morgan fingerprint density at radius 2 is 2.16 bits per heavy atom. The van der Waals surface area contributed by atoms with Gasteiger partial charge < -0.3 is 14.4 Å². The maximum atomic E-state index is 12.4. The first-order chi connectivity index (χ1) is 11.8. The highest BCUT2D eigenvalue weighted by Crippen LogP contribution is 2.23. The van der Waals surface area contributed by atoms with Crippen LogP contribution in [0.4, 0.5) is 4.79 Å². The van der Waals surface area contributed by atoms with Crippen LogP contribution < -0.4 is 4.74 Å². The molecule has 6 nitrogen and oxygen atoms in total. The number of aromatic nitrogens is 2. The predicted octanol–water partition coefficient (Wildman–Crippen LogP) is 4.41. The van der Waals surface area contributed by atoms with Crippen LogP contribution in [0.2, 0.25) is 5.15 Å². The largest absolute Gasteiger partial charge is 0.477 e. The van der Waals surface area contributed by atoms with E-state index in [1.54, 1.807) is 6.07 Å². The van der Waals surface area contributed by atoms with E-state index >= 15 is 0 Å². The van der Waals surface area contributed by atoms with Gasteiger partial charge in [-0.15, -0.1) is 0 Å². The Kier molecular flexibility index (Phi) is 7.19. The van der Waals surface area contributed by atoms with Crippen molar-refractivity contribution < 1.29 is 14.3 Å². The Morgan fingerprint density at radius 3 is 2.84 bits per heavy atom. The van der Waals surface area contributed by atoms with Crippen LogP contribution in [-0.2, 0) is 4.74 Å². The van der Waals surface area contributed by atoms with Crippen LogP contribution in [0.5, 0.6) is 5.88 Å². The second-order valence-electron chi connectivity index (χ2n) is 6.98. The van der Waals surface area contributed by atoms with Gasteiger partial charge in [-0.2, -0.15) is 4.98 Å². The predicted molar refractivity (Wildman–Crippen MR) is 99.5 cm³/mol. The minimum atomic E-state index is -0.485. The van der Waals surface area contributed by atoms with Crippen LogP contribution in [0.15, 0.2) is 11.2 Å². The SMILES string of the molecule is CSc1nc(Cl)cc(OCCC2CCCCN2C(=O)OC(C)(C)C)n1. The molecule has 1 fully saturated rings. The van der Waals surface area contributed by atoms with Crippen molar-refractivity contribution in [3.05, 3.63) is 11.2 Å². The summed E-state index contributed by atoms with van der Waals surface area (Å²) < 4.78 is 11.3. The van der Waals surface area contributed by atoms with Crippen molar-refractivity contribution in [2.24, 2.45) is 0 Å². The fraction of sp³-hybridized carbons (Fsp3) is 0.706. The molecule has 1 saturated heterocycles. The maximum absolute atomic E-state index is 12.4. The molecule has 0 radical (unpaired) electrons. The van der Waals surface area contributed by atoms with E-state index in [2.05, 4.69) is 9.97 Å². The number of hydrogen-bond acceptors (Lipinski definition) is 6. The lowest BCUT2D eigenvalue weighted by Gasteiger charge is -2.36. The zero-order valence-corrected chi connectivity index (χ0v) is 16.8. The monoisotopic (exact) mass is 387 g/mol. The highest BCUT2D eigenvalue weighted by molar-refractivity contribution is 7.98. The van der Waals surface area contributed by atoms with E-state index < -0.39 is 5.60 Å². The summed E-state index contributed by atoms with van der Waals surface area (Å²) in [5.74, 6) is 0.462. The van der Waals surface area contributed by atoms with E-state index in [0.717, 1.165) is 32.2 Å². The zero-order valence-electron chi connectivity index (χ0n) is 15.2. The van der Waals surface area contributed by atoms with E-state index in [-0.39, 0.29) is 12.1 Å². The highest BCUT2D eigenvalue weighted by Gasteiger charge is 2.30. The number of thioether (sulfide) groups is 1. The molecule has 2 heterocycles. The van der Waals surface area contributed by atoms with Gasteiger partial charge in [0.15, 0.2) is 5.16 Å². The number of halogens is 1. The summed E-state index contributed by atoms with van der Waals surface area (Å²) in [6.45, 7) is 6.85. The van der Waals surface area contributed by atoms with Gasteiger partial charge in [-0.05, 0) is 46.3 Å². The van der Waals surface area contributed by atoms with Gasteiger partial charge in [0.2, 0.25) is 5.88 Å².